The molecular weight excluding hydrogens is 318 g/mol. The molecule has 0 aromatic carbocycles. The maximum Gasteiger partial charge on any atom is 0.319 e. The van der Waals surface area contributed by atoms with Crippen molar-refractivity contribution in [2.45, 2.75) is 6.42 Å². The molecule has 0 saturated carbocycles. The molecular formula is C14H17N5O3S. The van der Waals surface area contributed by atoms with Crippen LogP contribution in [0.3, 0.4) is 0 Å². The average Bonchev–Trinajstić information content (AvgIpc) is 3.15. The van der Waals surface area contributed by atoms with Crippen LogP contribution in [-0.4, -0.2) is 47.3 Å². The van der Waals surface area contributed by atoms with Crippen LogP contribution in [0.5, 0.6) is 0 Å². The van der Waals surface area contributed by atoms with E-state index >= 15 is 0 Å². The van der Waals surface area contributed by atoms with E-state index in [0.717, 1.165) is 0 Å². The minimum absolute atomic E-state index is 0.00827. The standard InChI is InChI=1S/C14H17N5O3S/c20-14(16-8-11-4-7-23(21,22)10-11)18-12-2-3-13(15-9-12)19-6-1-5-17-19/h1-3,5-6,9,11H,4,7-8,10H2,(H2,16,18,20)/t11-/m0/s1. The molecule has 1 fully saturated rings. The second-order valence-corrected chi connectivity index (χ2v) is 7.69. The van der Waals surface area contributed by atoms with E-state index in [4.69, 9.17) is 0 Å². The lowest BCUT2D eigenvalue weighted by Crippen LogP contribution is -2.33. The third-order valence-electron chi connectivity index (χ3n) is 3.62. The summed E-state index contributed by atoms with van der Waals surface area (Å²) in [6.45, 7) is 0.351. The Bertz CT molecular complexity index is 771. The van der Waals surface area contributed by atoms with E-state index in [1.807, 2.05) is 0 Å². The Labute approximate surface area is 133 Å². The number of hydrogen-bond donors (Lipinski definition) is 2. The number of nitrogens with zero attached hydrogens (tertiary/aromatic N) is 3. The number of amides is 2. The minimum Gasteiger partial charge on any atom is -0.338 e. The Morgan fingerprint density at radius 3 is 2.87 bits per heavy atom. The van der Waals surface area contributed by atoms with E-state index in [-0.39, 0.29) is 23.5 Å². The number of aromatic nitrogens is 3. The van der Waals surface area contributed by atoms with Crippen molar-refractivity contribution in [2.24, 2.45) is 5.92 Å². The summed E-state index contributed by atoms with van der Waals surface area (Å²) in [5.74, 6) is 0.996. The lowest BCUT2D eigenvalue weighted by molar-refractivity contribution is 0.250. The fourth-order valence-corrected chi connectivity index (χ4v) is 4.31. The molecule has 0 radical (unpaired) electrons. The van der Waals surface area contributed by atoms with Gasteiger partial charge in [0.1, 0.15) is 0 Å². The van der Waals surface area contributed by atoms with Crippen molar-refractivity contribution < 1.29 is 13.2 Å². The third-order valence-corrected chi connectivity index (χ3v) is 5.46. The molecule has 3 rings (SSSR count). The molecule has 2 amide bonds. The van der Waals surface area contributed by atoms with Gasteiger partial charge in [-0.15, -0.1) is 0 Å². The second-order valence-electron chi connectivity index (χ2n) is 5.46. The SMILES string of the molecule is O=C(NC[C@@H]1CCS(=O)(=O)C1)Nc1ccc(-n2cccn2)nc1. The predicted octanol–water partition coefficient (Wildman–Crippen LogP) is 0.823. The first-order valence-corrected chi connectivity index (χ1v) is 9.05. The van der Waals surface area contributed by atoms with Crippen molar-refractivity contribution in [3.8, 4) is 5.82 Å². The molecule has 0 aliphatic carbocycles. The minimum atomic E-state index is -2.92. The third kappa shape index (κ3) is 4.07. The lowest BCUT2D eigenvalue weighted by atomic mass is 10.1. The number of carbonyl (C=O) groups excluding carboxylic acids is 1. The van der Waals surface area contributed by atoms with Gasteiger partial charge in [0.2, 0.25) is 0 Å². The van der Waals surface area contributed by atoms with E-state index in [0.29, 0.717) is 24.5 Å². The number of pyridine rings is 1. The molecule has 2 aromatic heterocycles. The fraction of sp³-hybridized carbons (Fsp3) is 0.357. The molecule has 1 aliphatic rings. The van der Waals surface area contributed by atoms with Gasteiger partial charge in [-0.2, -0.15) is 5.10 Å². The van der Waals surface area contributed by atoms with Crippen molar-refractivity contribution >= 4 is 21.6 Å². The summed E-state index contributed by atoms with van der Waals surface area (Å²) in [4.78, 5) is 16.0. The molecule has 0 unspecified atom stereocenters. The maximum absolute atomic E-state index is 11.8. The molecule has 122 valence electrons. The van der Waals surface area contributed by atoms with E-state index in [1.165, 1.54) is 6.20 Å². The van der Waals surface area contributed by atoms with Gasteiger partial charge in [0.25, 0.3) is 0 Å². The molecule has 3 heterocycles. The van der Waals surface area contributed by atoms with E-state index in [2.05, 4.69) is 20.7 Å². The van der Waals surface area contributed by atoms with Crippen LogP contribution in [0.1, 0.15) is 6.42 Å². The number of anilines is 1. The smallest absolute Gasteiger partial charge is 0.319 e. The zero-order valence-corrected chi connectivity index (χ0v) is 13.2. The van der Waals surface area contributed by atoms with Gasteiger partial charge >= 0.3 is 6.03 Å². The van der Waals surface area contributed by atoms with Crippen LogP contribution in [0.4, 0.5) is 10.5 Å². The molecule has 2 N–H and O–H groups in total. The van der Waals surface area contributed by atoms with Gasteiger partial charge in [-0.3, -0.25) is 0 Å². The zero-order chi connectivity index (χ0) is 16.3. The highest BCUT2D eigenvalue weighted by molar-refractivity contribution is 7.91. The lowest BCUT2D eigenvalue weighted by Gasteiger charge is -2.11. The number of nitrogens with one attached hydrogen (secondary N) is 2. The van der Waals surface area contributed by atoms with Crippen LogP contribution in [-0.2, 0) is 9.84 Å². The van der Waals surface area contributed by atoms with Gasteiger partial charge in [0, 0.05) is 18.9 Å². The number of rotatable bonds is 4. The van der Waals surface area contributed by atoms with Gasteiger partial charge < -0.3 is 10.6 Å². The summed E-state index contributed by atoms with van der Waals surface area (Å²) in [6, 6.07) is 4.89. The van der Waals surface area contributed by atoms with E-state index in [9.17, 15) is 13.2 Å². The highest BCUT2D eigenvalue weighted by Crippen LogP contribution is 2.17. The maximum atomic E-state index is 11.8. The summed E-state index contributed by atoms with van der Waals surface area (Å²) < 4.78 is 24.3. The highest BCUT2D eigenvalue weighted by Gasteiger charge is 2.27. The number of carbonyl (C=O) groups is 1. The molecule has 1 saturated heterocycles. The Balaban J connectivity index is 1.50. The molecule has 1 atom stereocenters. The Morgan fingerprint density at radius 1 is 1.39 bits per heavy atom. The normalized spacial score (nSPS) is 19.4. The van der Waals surface area contributed by atoms with Crippen LogP contribution in [0.15, 0.2) is 36.8 Å². The number of urea groups is 1. The topological polar surface area (TPSA) is 106 Å². The van der Waals surface area contributed by atoms with Crippen LogP contribution in [0.2, 0.25) is 0 Å². The molecule has 0 spiro atoms. The quantitative estimate of drug-likeness (QED) is 0.860. The van der Waals surface area contributed by atoms with E-state index < -0.39 is 9.84 Å². The van der Waals surface area contributed by atoms with Gasteiger partial charge in [-0.05, 0) is 30.5 Å². The first-order valence-electron chi connectivity index (χ1n) is 7.23. The van der Waals surface area contributed by atoms with Crippen molar-refractivity contribution in [1.82, 2.24) is 20.1 Å². The predicted molar refractivity (Wildman–Crippen MR) is 85.1 cm³/mol. The molecule has 0 bridgehead atoms. The fourth-order valence-electron chi connectivity index (χ4n) is 2.45. The Kier molecular flexibility index (Phi) is 4.28. The summed E-state index contributed by atoms with van der Waals surface area (Å²) in [5, 5.41) is 9.43. The molecule has 23 heavy (non-hydrogen) atoms. The first-order chi connectivity index (χ1) is 11.0. The van der Waals surface area contributed by atoms with Crippen molar-refractivity contribution in [2.75, 3.05) is 23.4 Å². The average molecular weight is 335 g/mol. The van der Waals surface area contributed by atoms with Crippen LogP contribution in [0, 0.1) is 5.92 Å². The summed E-state index contributed by atoms with van der Waals surface area (Å²) in [7, 11) is -2.92. The van der Waals surface area contributed by atoms with Gasteiger partial charge in [-0.1, -0.05) is 0 Å². The summed E-state index contributed by atoms with van der Waals surface area (Å²) in [6.07, 6.45) is 5.57. The second kappa shape index (κ2) is 6.37. The number of sulfone groups is 1. The Hall–Kier alpha value is -2.42. The largest absolute Gasteiger partial charge is 0.338 e. The van der Waals surface area contributed by atoms with Gasteiger partial charge in [0.05, 0.1) is 23.4 Å². The van der Waals surface area contributed by atoms with Crippen molar-refractivity contribution in [3.63, 3.8) is 0 Å². The molecule has 9 heteroatoms. The van der Waals surface area contributed by atoms with Crippen molar-refractivity contribution in [1.29, 1.82) is 0 Å². The zero-order valence-electron chi connectivity index (χ0n) is 12.3. The van der Waals surface area contributed by atoms with Crippen LogP contribution >= 0.6 is 0 Å². The van der Waals surface area contributed by atoms with E-state index in [1.54, 1.807) is 35.3 Å². The Morgan fingerprint density at radius 2 is 2.26 bits per heavy atom. The highest BCUT2D eigenvalue weighted by atomic mass is 32.2. The van der Waals surface area contributed by atoms with Gasteiger partial charge in [0.15, 0.2) is 15.7 Å². The van der Waals surface area contributed by atoms with Crippen molar-refractivity contribution in [3.05, 3.63) is 36.8 Å². The molecule has 2 aromatic rings. The summed E-state index contributed by atoms with van der Waals surface area (Å²) >= 11 is 0. The van der Waals surface area contributed by atoms with Crippen LogP contribution in [0.25, 0.3) is 5.82 Å². The summed E-state index contributed by atoms with van der Waals surface area (Å²) in [5.41, 5.74) is 0.553. The molecule has 8 nitrogen and oxygen atoms in total. The number of hydrogen-bond acceptors (Lipinski definition) is 5. The first kappa shape index (κ1) is 15.5. The van der Waals surface area contributed by atoms with Crippen LogP contribution < -0.4 is 10.6 Å². The van der Waals surface area contributed by atoms with Gasteiger partial charge in [-0.25, -0.2) is 22.9 Å². The monoisotopic (exact) mass is 335 g/mol. The molecule has 1 aliphatic heterocycles.